The van der Waals surface area contributed by atoms with E-state index < -0.39 is 51.5 Å². The zero-order valence-electron chi connectivity index (χ0n) is 12.5. The molecule has 1 aliphatic rings. The predicted octanol–water partition coefficient (Wildman–Crippen LogP) is -1.29. The number of halogens is 1. The number of aliphatic hydroxyl groups excluding tert-OH is 2. The number of aromatic nitrogens is 4. The monoisotopic (exact) mass is 379 g/mol. The molecule has 138 valence electrons. The quantitative estimate of drug-likeness (QED) is 0.230. The van der Waals surface area contributed by atoms with E-state index in [0.717, 1.165) is 0 Å². The Kier molecular flexibility index (Phi) is 5.24. The van der Waals surface area contributed by atoms with Gasteiger partial charge in [0.25, 0.3) is 5.56 Å². The van der Waals surface area contributed by atoms with Crippen molar-refractivity contribution < 1.29 is 33.8 Å². The highest BCUT2D eigenvalue weighted by atomic mass is 31.2. The summed E-state index contributed by atoms with van der Waals surface area (Å²) >= 11 is 0. The van der Waals surface area contributed by atoms with Crippen molar-refractivity contribution in [3.05, 3.63) is 16.7 Å². The van der Waals surface area contributed by atoms with Gasteiger partial charge in [0, 0.05) is 0 Å². The van der Waals surface area contributed by atoms with Crippen LogP contribution in [0.3, 0.4) is 0 Å². The molecule has 0 bridgehead atoms. The molecule has 2 aromatic rings. The number of hydrogen-bond donors (Lipinski definition) is 5. The lowest BCUT2D eigenvalue weighted by Gasteiger charge is -2.16. The molecule has 2 aromatic heterocycles. The standard InChI is InChI=1S/C11H15FN5O7P/c12-1-4-6(19)9(22-10(4)23-24-25(21)3-18)17-2-14-5-7(17)15-11(13)16-8(5)20/h2,4,6,9-10,18-19,21H,1,3H2,(H3,13,15,16,20)/t4?,6-,9+,10+,25?/m0/s1. The van der Waals surface area contributed by atoms with Crippen LogP contribution in [0.25, 0.3) is 11.2 Å². The van der Waals surface area contributed by atoms with E-state index >= 15 is 0 Å². The number of imidazole rings is 1. The van der Waals surface area contributed by atoms with Gasteiger partial charge in [-0.25, -0.2) is 4.98 Å². The van der Waals surface area contributed by atoms with Crippen LogP contribution in [0.15, 0.2) is 11.1 Å². The van der Waals surface area contributed by atoms with Crippen molar-refractivity contribution in [3.63, 3.8) is 0 Å². The molecule has 0 saturated carbocycles. The summed E-state index contributed by atoms with van der Waals surface area (Å²) in [6.07, 6.45) is -3.45. The third kappa shape index (κ3) is 3.35. The Labute approximate surface area is 139 Å². The Morgan fingerprint density at radius 3 is 3.00 bits per heavy atom. The minimum atomic E-state index is -2.27. The van der Waals surface area contributed by atoms with Gasteiger partial charge in [0.05, 0.1) is 18.9 Å². The van der Waals surface area contributed by atoms with E-state index in [9.17, 15) is 19.2 Å². The zero-order valence-corrected chi connectivity index (χ0v) is 13.4. The topological polar surface area (TPSA) is 178 Å². The molecule has 25 heavy (non-hydrogen) atoms. The first-order valence-corrected chi connectivity index (χ1v) is 8.38. The number of nitrogens with zero attached hydrogens (tertiary/aromatic N) is 3. The molecule has 0 spiro atoms. The van der Waals surface area contributed by atoms with Gasteiger partial charge in [-0.15, -0.1) is 0 Å². The molecule has 0 radical (unpaired) electrons. The summed E-state index contributed by atoms with van der Waals surface area (Å²) < 4.78 is 24.4. The van der Waals surface area contributed by atoms with Crippen LogP contribution in [-0.4, -0.2) is 60.0 Å². The maximum absolute atomic E-state index is 13.3. The van der Waals surface area contributed by atoms with Crippen LogP contribution in [0, 0.1) is 5.92 Å². The highest BCUT2D eigenvalue weighted by Crippen LogP contribution is 2.39. The molecule has 3 heterocycles. The number of anilines is 1. The summed E-state index contributed by atoms with van der Waals surface area (Å²) in [5.74, 6) is -1.32. The number of alkyl halides is 1. The third-order valence-electron chi connectivity index (χ3n) is 3.60. The Morgan fingerprint density at radius 1 is 1.56 bits per heavy atom. The number of H-pyrrole nitrogens is 1. The summed E-state index contributed by atoms with van der Waals surface area (Å²) in [6.45, 7) is -1.02. The third-order valence-corrected chi connectivity index (χ3v) is 4.10. The lowest BCUT2D eigenvalue weighted by Crippen LogP contribution is -2.29. The second-order valence-electron chi connectivity index (χ2n) is 5.14. The Balaban J connectivity index is 1.89. The average molecular weight is 379 g/mol. The molecule has 1 fully saturated rings. The van der Waals surface area contributed by atoms with Gasteiger partial charge in [-0.05, 0) is 0 Å². The minimum Gasteiger partial charge on any atom is -0.388 e. The molecule has 0 aliphatic carbocycles. The second kappa shape index (κ2) is 7.25. The number of nitrogens with two attached hydrogens (primary N) is 1. The minimum absolute atomic E-state index is 0.0317. The van der Waals surface area contributed by atoms with Gasteiger partial charge in [-0.1, -0.05) is 0 Å². The average Bonchev–Trinajstić information content (AvgIpc) is 3.13. The summed E-state index contributed by atoms with van der Waals surface area (Å²) in [6, 6.07) is 0. The van der Waals surface area contributed by atoms with Crippen molar-refractivity contribution in [1.29, 1.82) is 0 Å². The molecule has 5 atom stereocenters. The van der Waals surface area contributed by atoms with E-state index in [1.807, 2.05) is 0 Å². The van der Waals surface area contributed by atoms with E-state index in [-0.39, 0.29) is 17.1 Å². The molecule has 14 heteroatoms. The van der Waals surface area contributed by atoms with Crippen molar-refractivity contribution >= 4 is 25.5 Å². The van der Waals surface area contributed by atoms with Crippen molar-refractivity contribution in [2.45, 2.75) is 18.6 Å². The highest BCUT2D eigenvalue weighted by molar-refractivity contribution is 7.45. The van der Waals surface area contributed by atoms with Gasteiger partial charge in [0.15, 0.2) is 17.4 Å². The van der Waals surface area contributed by atoms with E-state index in [2.05, 4.69) is 19.6 Å². The fourth-order valence-electron chi connectivity index (χ4n) is 2.42. The van der Waals surface area contributed by atoms with E-state index in [1.165, 1.54) is 10.9 Å². The number of hydrogen-bond acceptors (Lipinski definition) is 10. The van der Waals surface area contributed by atoms with E-state index in [0.29, 0.717) is 0 Å². The van der Waals surface area contributed by atoms with Crippen molar-refractivity contribution in [1.82, 2.24) is 19.5 Å². The van der Waals surface area contributed by atoms with Crippen LogP contribution in [0.2, 0.25) is 0 Å². The molecule has 6 N–H and O–H groups in total. The summed E-state index contributed by atoms with van der Waals surface area (Å²) in [4.78, 5) is 35.8. The van der Waals surface area contributed by atoms with Gasteiger partial charge < -0.3 is 25.6 Å². The maximum atomic E-state index is 13.3. The number of rotatable bonds is 6. The summed E-state index contributed by atoms with van der Waals surface area (Å²) in [7, 11) is -2.27. The molecule has 1 aliphatic heterocycles. The molecule has 2 unspecified atom stereocenters. The zero-order chi connectivity index (χ0) is 18.1. The molecular formula is C11H15FN5O7P. The molecule has 12 nitrogen and oxygen atoms in total. The fraction of sp³-hybridized carbons (Fsp3) is 0.545. The first-order valence-electron chi connectivity index (χ1n) is 6.98. The fourth-order valence-corrected chi connectivity index (χ4v) is 2.66. The van der Waals surface area contributed by atoms with Gasteiger partial charge in [0.2, 0.25) is 20.6 Å². The Morgan fingerprint density at radius 2 is 2.32 bits per heavy atom. The van der Waals surface area contributed by atoms with Gasteiger partial charge in [-0.3, -0.25) is 18.7 Å². The van der Waals surface area contributed by atoms with Crippen LogP contribution >= 0.6 is 8.38 Å². The molecule has 3 rings (SSSR count). The first kappa shape index (κ1) is 18.1. The predicted molar refractivity (Wildman–Crippen MR) is 80.3 cm³/mol. The Bertz CT molecular complexity index is 803. The summed E-state index contributed by atoms with van der Waals surface area (Å²) in [5.41, 5.74) is 4.91. The first-order chi connectivity index (χ1) is 12.0. The van der Waals surface area contributed by atoms with E-state index in [1.54, 1.807) is 0 Å². The smallest absolute Gasteiger partial charge is 0.280 e. The van der Waals surface area contributed by atoms with Crippen molar-refractivity contribution in [2.24, 2.45) is 5.92 Å². The largest absolute Gasteiger partial charge is 0.388 e. The normalized spacial score (nSPS) is 27.8. The van der Waals surface area contributed by atoms with Crippen LogP contribution in [0.5, 0.6) is 0 Å². The molecule has 1 saturated heterocycles. The maximum Gasteiger partial charge on any atom is 0.280 e. The molecular weight excluding hydrogens is 364 g/mol. The van der Waals surface area contributed by atoms with Crippen LogP contribution in [-0.2, 0) is 14.3 Å². The molecule has 0 amide bonds. The number of ether oxygens (including phenoxy) is 1. The number of aliphatic hydroxyl groups is 2. The lowest BCUT2D eigenvalue weighted by molar-refractivity contribution is -0.328. The van der Waals surface area contributed by atoms with Crippen molar-refractivity contribution in [2.75, 3.05) is 18.8 Å². The number of nitrogen functional groups attached to an aromatic ring is 1. The molecule has 0 aromatic carbocycles. The summed E-state index contributed by atoms with van der Waals surface area (Å²) in [5, 5.41) is 19.0. The number of fused-ring (bicyclic) bond motifs is 1. The lowest BCUT2D eigenvalue weighted by atomic mass is 10.1. The SMILES string of the molecule is Nc1nc2c(ncn2[C@@H]2O[C@H](OOP(O)CO)C(CF)[C@@H]2O)c(=O)[nH]1. The van der Waals surface area contributed by atoms with Crippen molar-refractivity contribution in [3.8, 4) is 0 Å². The number of aromatic amines is 1. The van der Waals surface area contributed by atoms with E-state index in [4.69, 9.17) is 20.5 Å². The van der Waals surface area contributed by atoms with Crippen LogP contribution in [0.4, 0.5) is 10.3 Å². The van der Waals surface area contributed by atoms with Crippen LogP contribution in [0.1, 0.15) is 6.23 Å². The van der Waals surface area contributed by atoms with Gasteiger partial charge in [0.1, 0.15) is 12.5 Å². The second-order valence-corrected chi connectivity index (χ2v) is 6.28. The highest BCUT2D eigenvalue weighted by Gasteiger charge is 2.47. The van der Waals surface area contributed by atoms with Gasteiger partial charge >= 0.3 is 0 Å². The van der Waals surface area contributed by atoms with Gasteiger partial charge in [-0.2, -0.15) is 14.5 Å². The van der Waals surface area contributed by atoms with Crippen LogP contribution < -0.4 is 11.3 Å². The number of nitrogens with one attached hydrogen (secondary N) is 1. The Hall–Kier alpha value is -1.73.